The summed E-state index contributed by atoms with van der Waals surface area (Å²) in [5.41, 5.74) is 9.21. The first kappa shape index (κ1) is 26.7. The quantitative estimate of drug-likeness (QED) is 0.264. The van der Waals surface area contributed by atoms with Crippen molar-refractivity contribution in [1.82, 2.24) is 41.1 Å². The number of hydrogen-bond acceptors (Lipinski definition) is 9. The maximum absolute atomic E-state index is 15.3. The Morgan fingerprint density at radius 1 is 0.974 bits per heavy atom. The van der Waals surface area contributed by atoms with Gasteiger partial charge in [0.05, 0.1) is 30.3 Å². The number of nitrogens with one attached hydrogen (secondary N) is 4. The molecule has 0 aromatic carbocycles. The van der Waals surface area contributed by atoms with Crippen molar-refractivity contribution in [2.75, 3.05) is 72.5 Å². The number of amides is 2. The normalized spacial score (nSPS) is 43.3. The molecule has 6 aliphatic heterocycles. The van der Waals surface area contributed by atoms with Crippen LogP contribution in [0.5, 0.6) is 0 Å². The summed E-state index contributed by atoms with van der Waals surface area (Å²) in [6, 6.07) is -0.888. The van der Waals surface area contributed by atoms with Crippen molar-refractivity contribution in [3.8, 4) is 0 Å². The summed E-state index contributed by atoms with van der Waals surface area (Å²) in [6.07, 6.45) is -1.80. The van der Waals surface area contributed by atoms with E-state index in [-0.39, 0.29) is 37.4 Å². The number of rotatable bonds is 4. The molecule has 0 saturated carbocycles. The van der Waals surface area contributed by atoms with Gasteiger partial charge in [0.15, 0.2) is 0 Å². The Hall–Kier alpha value is -1.48. The highest BCUT2D eigenvalue weighted by atomic mass is 19.1. The Balaban J connectivity index is 1.05. The van der Waals surface area contributed by atoms with E-state index >= 15 is 4.39 Å². The Labute approximate surface area is 223 Å². The number of carbonyl (C=O) groups excluding carboxylic acids is 2. The molecule has 6 rings (SSSR count). The van der Waals surface area contributed by atoms with Gasteiger partial charge in [-0.15, -0.1) is 0 Å². The number of hydrogen-bond donors (Lipinski definition) is 5. The number of nitrogens with zero attached hydrogens (tertiary/aromatic N) is 4. The standard InChI is InChI=1S/C25H43F2N9O2/c1-33-9-15-11-35(12-16(15)10-33)25(38)14-2-4-34(5-3-14)21-18(27)7-29-8-19(21)31-24(37)20-22(28)32-36-13-17(26)6-30-23(20)36/h14-23,29-30,32H,2-13,28H2,1H3,(H,31,37). The van der Waals surface area contributed by atoms with Crippen molar-refractivity contribution >= 4 is 11.8 Å². The lowest BCUT2D eigenvalue weighted by Crippen LogP contribution is -2.67. The van der Waals surface area contributed by atoms with Gasteiger partial charge in [0.2, 0.25) is 11.8 Å². The molecular formula is C25H43F2N9O2. The average Bonchev–Trinajstić information content (AvgIpc) is 3.53. The highest BCUT2D eigenvalue weighted by Crippen LogP contribution is 2.33. The molecule has 38 heavy (non-hydrogen) atoms. The van der Waals surface area contributed by atoms with Gasteiger partial charge in [0.1, 0.15) is 12.3 Å². The zero-order valence-electron chi connectivity index (χ0n) is 22.2. The van der Waals surface area contributed by atoms with Gasteiger partial charge < -0.3 is 26.2 Å². The summed E-state index contributed by atoms with van der Waals surface area (Å²) in [4.78, 5) is 33.2. The Kier molecular flexibility index (Phi) is 7.62. The van der Waals surface area contributed by atoms with Gasteiger partial charge in [-0.25, -0.2) is 19.2 Å². The molecule has 9 atom stereocenters. The third-order valence-electron chi connectivity index (χ3n) is 9.72. The molecule has 0 aromatic rings. The fourth-order valence-electron chi connectivity index (χ4n) is 7.86. The molecule has 9 unspecified atom stereocenters. The molecule has 6 fully saturated rings. The zero-order valence-corrected chi connectivity index (χ0v) is 22.2. The Bertz CT molecular complexity index is 879. The predicted molar refractivity (Wildman–Crippen MR) is 137 cm³/mol. The minimum absolute atomic E-state index is 0.0131. The van der Waals surface area contributed by atoms with Gasteiger partial charge in [-0.05, 0) is 44.8 Å². The SMILES string of the molecule is CN1CC2CN(C(=O)C3CCN(C4C(F)CNCC4NC(=O)C4C(N)NN5CC(F)CNC45)CC3)CC2C1. The van der Waals surface area contributed by atoms with Crippen LogP contribution < -0.4 is 27.1 Å². The number of hydrazine groups is 1. The maximum atomic E-state index is 15.3. The van der Waals surface area contributed by atoms with Crippen LogP contribution in [0.2, 0.25) is 0 Å². The minimum atomic E-state index is -1.14. The zero-order chi connectivity index (χ0) is 26.6. The molecule has 0 aromatic heterocycles. The van der Waals surface area contributed by atoms with E-state index in [1.54, 1.807) is 5.01 Å². The van der Waals surface area contributed by atoms with E-state index < -0.39 is 42.7 Å². The largest absolute Gasteiger partial charge is 0.350 e. The molecule has 0 aliphatic carbocycles. The smallest absolute Gasteiger partial charge is 0.229 e. The van der Waals surface area contributed by atoms with Crippen molar-refractivity contribution in [3.63, 3.8) is 0 Å². The van der Waals surface area contributed by atoms with E-state index in [0.29, 0.717) is 44.3 Å². The van der Waals surface area contributed by atoms with Gasteiger partial charge >= 0.3 is 0 Å². The number of halogens is 2. The maximum Gasteiger partial charge on any atom is 0.229 e. The van der Waals surface area contributed by atoms with Crippen LogP contribution in [-0.2, 0) is 9.59 Å². The molecule has 6 saturated heterocycles. The van der Waals surface area contributed by atoms with E-state index in [4.69, 9.17) is 5.73 Å². The first-order valence-corrected chi connectivity index (χ1v) is 14.3. The number of fused-ring (bicyclic) bond motifs is 2. The topological polar surface area (TPSA) is 121 Å². The van der Waals surface area contributed by atoms with Crippen molar-refractivity contribution in [2.24, 2.45) is 29.4 Å². The lowest BCUT2D eigenvalue weighted by atomic mass is 9.90. The van der Waals surface area contributed by atoms with E-state index in [1.807, 2.05) is 0 Å². The molecular weight excluding hydrogens is 496 g/mol. The molecule has 13 heteroatoms. The van der Waals surface area contributed by atoms with Gasteiger partial charge in [-0.3, -0.25) is 19.8 Å². The summed E-state index contributed by atoms with van der Waals surface area (Å²) >= 11 is 0. The first-order chi connectivity index (χ1) is 18.3. The van der Waals surface area contributed by atoms with Crippen molar-refractivity contribution < 1.29 is 18.4 Å². The highest BCUT2D eigenvalue weighted by molar-refractivity contribution is 5.81. The van der Waals surface area contributed by atoms with Gasteiger partial charge in [0, 0.05) is 58.3 Å². The predicted octanol–water partition coefficient (Wildman–Crippen LogP) is -2.50. The summed E-state index contributed by atoms with van der Waals surface area (Å²) in [6.45, 7) is 6.17. The summed E-state index contributed by atoms with van der Waals surface area (Å²) in [5.74, 6) is 0.549. The number of likely N-dealkylation sites (tertiary alicyclic amines) is 3. The summed E-state index contributed by atoms with van der Waals surface area (Å²) < 4.78 is 29.1. The van der Waals surface area contributed by atoms with E-state index in [0.717, 1.165) is 26.2 Å². The first-order valence-electron chi connectivity index (χ1n) is 14.3. The third-order valence-corrected chi connectivity index (χ3v) is 9.72. The van der Waals surface area contributed by atoms with Crippen LogP contribution >= 0.6 is 0 Å². The monoisotopic (exact) mass is 539 g/mol. The minimum Gasteiger partial charge on any atom is -0.350 e. The molecule has 11 nitrogen and oxygen atoms in total. The molecule has 2 amide bonds. The molecule has 0 radical (unpaired) electrons. The van der Waals surface area contributed by atoms with Crippen LogP contribution in [0, 0.1) is 23.7 Å². The van der Waals surface area contributed by atoms with E-state index in [1.165, 1.54) is 0 Å². The Morgan fingerprint density at radius 2 is 1.68 bits per heavy atom. The molecule has 6 heterocycles. The van der Waals surface area contributed by atoms with Crippen molar-refractivity contribution in [2.45, 2.75) is 49.6 Å². The Morgan fingerprint density at radius 3 is 2.39 bits per heavy atom. The van der Waals surface area contributed by atoms with Crippen LogP contribution in [0.1, 0.15) is 12.8 Å². The van der Waals surface area contributed by atoms with Crippen molar-refractivity contribution in [1.29, 1.82) is 0 Å². The van der Waals surface area contributed by atoms with Crippen molar-refractivity contribution in [3.05, 3.63) is 0 Å². The lowest BCUT2D eigenvalue weighted by Gasteiger charge is -2.45. The number of piperidine rings is 2. The van der Waals surface area contributed by atoms with Crippen LogP contribution in [0.3, 0.4) is 0 Å². The molecule has 0 bridgehead atoms. The molecule has 6 N–H and O–H groups in total. The molecule has 0 spiro atoms. The second-order valence-corrected chi connectivity index (χ2v) is 12.4. The van der Waals surface area contributed by atoms with E-state index in [2.05, 4.69) is 43.1 Å². The van der Waals surface area contributed by atoms with Gasteiger partial charge in [0.25, 0.3) is 0 Å². The average molecular weight is 540 g/mol. The van der Waals surface area contributed by atoms with Gasteiger partial charge in [-0.1, -0.05) is 0 Å². The van der Waals surface area contributed by atoms with Crippen LogP contribution in [0.25, 0.3) is 0 Å². The number of carbonyl (C=O) groups is 2. The fourth-order valence-corrected chi connectivity index (χ4v) is 7.86. The number of nitrogens with two attached hydrogens (primary N) is 1. The second kappa shape index (κ2) is 10.8. The summed E-state index contributed by atoms with van der Waals surface area (Å²) in [7, 11) is 2.15. The lowest BCUT2D eigenvalue weighted by molar-refractivity contribution is -0.136. The third kappa shape index (κ3) is 5.06. The van der Waals surface area contributed by atoms with Gasteiger partial charge in [-0.2, -0.15) is 0 Å². The summed E-state index contributed by atoms with van der Waals surface area (Å²) in [5, 5.41) is 10.9. The fraction of sp³-hybridized carbons (Fsp3) is 0.920. The van der Waals surface area contributed by atoms with Crippen LogP contribution in [0.4, 0.5) is 8.78 Å². The van der Waals surface area contributed by atoms with E-state index in [9.17, 15) is 14.0 Å². The highest BCUT2D eigenvalue weighted by Gasteiger charge is 2.49. The number of alkyl halides is 2. The second-order valence-electron chi connectivity index (χ2n) is 12.4. The molecule has 214 valence electrons. The molecule has 6 aliphatic rings. The van der Waals surface area contributed by atoms with Crippen LogP contribution in [0.15, 0.2) is 0 Å². The van der Waals surface area contributed by atoms with Crippen LogP contribution in [-0.4, -0.2) is 141 Å².